The van der Waals surface area contributed by atoms with Crippen LogP contribution < -0.4 is 0 Å². The second-order valence-electron chi connectivity index (χ2n) is 6.22. The second-order valence-corrected chi connectivity index (χ2v) is 7.17. The second kappa shape index (κ2) is 5.47. The molecule has 1 heterocycles. The maximum absolute atomic E-state index is 2.36. The van der Waals surface area contributed by atoms with Crippen LogP contribution in [0.25, 0.3) is 33.5 Å². The van der Waals surface area contributed by atoms with Gasteiger partial charge in [0.2, 0.25) is 0 Å². The number of benzene rings is 3. The van der Waals surface area contributed by atoms with Gasteiger partial charge in [0.1, 0.15) is 0 Å². The van der Waals surface area contributed by atoms with Crippen molar-refractivity contribution in [1.29, 1.82) is 0 Å². The fraction of sp³-hybridized carbons (Fsp3) is 0.0435. The molecule has 3 aromatic carbocycles. The molecule has 5 rings (SSSR count). The Morgan fingerprint density at radius 2 is 1.54 bits per heavy atom. The molecule has 0 atom stereocenters. The average Bonchev–Trinajstić information content (AvgIpc) is 3.30. The standard InChI is InChI=1S/C23H16S/c1-2-9-19-16(6-1)7-3-10-20(19)21-11-4-8-17-14-18(15-22(17)21)23-12-5-13-24-23/h1-14H,15H2. The summed E-state index contributed by atoms with van der Waals surface area (Å²) in [6.45, 7) is 0. The molecule has 4 aromatic rings. The van der Waals surface area contributed by atoms with E-state index in [1.54, 1.807) is 0 Å². The summed E-state index contributed by atoms with van der Waals surface area (Å²) in [6, 6.07) is 26.3. The topological polar surface area (TPSA) is 0 Å². The summed E-state index contributed by atoms with van der Waals surface area (Å²) in [7, 11) is 0. The number of fused-ring (bicyclic) bond motifs is 2. The first-order chi connectivity index (χ1) is 11.9. The largest absolute Gasteiger partial charge is 0.144 e. The summed E-state index contributed by atoms with van der Waals surface area (Å²) in [4.78, 5) is 1.38. The van der Waals surface area contributed by atoms with E-state index in [0.29, 0.717) is 0 Å². The molecule has 0 saturated carbocycles. The molecule has 0 aliphatic heterocycles. The van der Waals surface area contributed by atoms with Crippen LogP contribution in [-0.2, 0) is 6.42 Å². The first-order valence-electron chi connectivity index (χ1n) is 8.25. The van der Waals surface area contributed by atoms with E-state index in [9.17, 15) is 0 Å². The molecule has 0 fully saturated rings. The quantitative estimate of drug-likeness (QED) is 0.386. The first kappa shape index (κ1) is 13.8. The van der Waals surface area contributed by atoms with Gasteiger partial charge >= 0.3 is 0 Å². The van der Waals surface area contributed by atoms with Crippen molar-refractivity contribution in [3.8, 4) is 11.1 Å². The predicted octanol–water partition coefficient (Wildman–Crippen LogP) is 6.67. The average molecular weight is 324 g/mol. The molecule has 0 unspecified atom stereocenters. The molecule has 1 aliphatic carbocycles. The highest BCUT2D eigenvalue weighted by Gasteiger charge is 2.19. The van der Waals surface area contributed by atoms with E-state index in [1.807, 2.05) is 11.3 Å². The SMILES string of the molecule is C1=C(c2cccs2)Cc2c1cccc2-c1cccc2ccccc12. The van der Waals surface area contributed by atoms with Crippen molar-refractivity contribution >= 4 is 33.8 Å². The number of thiophene rings is 1. The summed E-state index contributed by atoms with van der Waals surface area (Å²) < 4.78 is 0. The van der Waals surface area contributed by atoms with Crippen LogP contribution in [0.3, 0.4) is 0 Å². The highest BCUT2D eigenvalue weighted by Crippen LogP contribution is 2.40. The van der Waals surface area contributed by atoms with E-state index in [1.165, 1.54) is 43.5 Å². The molecule has 0 N–H and O–H groups in total. The normalized spacial score (nSPS) is 13.1. The third kappa shape index (κ3) is 2.13. The number of hydrogen-bond donors (Lipinski definition) is 0. The Balaban J connectivity index is 1.68. The molecule has 0 nitrogen and oxygen atoms in total. The molecular weight excluding hydrogens is 308 g/mol. The Morgan fingerprint density at radius 3 is 2.46 bits per heavy atom. The van der Waals surface area contributed by atoms with Crippen molar-refractivity contribution in [2.75, 3.05) is 0 Å². The monoisotopic (exact) mass is 324 g/mol. The smallest absolute Gasteiger partial charge is 0.0305 e. The molecule has 1 aromatic heterocycles. The molecular formula is C23H16S. The molecule has 114 valence electrons. The van der Waals surface area contributed by atoms with Gasteiger partial charge in [-0.15, -0.1) is 11.3 Å². The number of rotatable bonds is 2. The molecule has 1 heteroatoms. The number of hydrogen-bond acceptors (Lipinski definition) is 1. The van der Waals surface area contributed by atoms with E-state index in [4.69, 9.17) is 0 Å². The van der Waals surface area contributed by atoms with E-state index >= 15 is 0 Å². The zero-order valence-electron chi connectivity index (χ0n) is 13.2. The van der Waals surface area contributed by atoms with Crippen LogP contribution in [0, 0.1) is 0 Å². The third-order valence-corrected chi connectivity index (χ3v) is 5.77. The summed E-state index contributed by atoms with van der Waals surface area (Å²) in [5.74, 6) is 0. The minimum absolute atomic E-state index is 1.02. The lowest BCUT2D eigenvalue weighted by Crippen LogP contribution is -1.91. The van der Waals surface area contributed by atoms with Crippen LogP contribution in [0.15, 0.2) is 78.2 Å². The van der Waals surface area contributed by atoms with E-state index in [0.717, 1.165) is 6.42 Å². The maximum Gasteiger partial charge on any atom is 0.0305 e. The molecule has 1 aliphatic rings. The molecule has 0 saturated heterocycles. The van der Waals surface area contributed by atoms with Crippen molar-refractivity contribution in [3.63, 3.8) is 0 Å². The van der Waals surface area contributed by atoms with Crippen LogP contribution in [0.5, 0.6) is 0 Å². The number of allylic oxidation sites excluding steroid dienone is 1. The zero-order chi connectivity index (χ0) is 15.9. The van der Waals surface area contributed by atoms with Crippen LogP contribution in [0.2, 0.25) is 0 Å². The van der Waals surface area contributed by atoms with E-state index in [2.05, 4.69) is 84.3 Å². The minimum atomic E-state index is 1.02. The van der Waals surface area contributed by atoms with Gasteiger partial charge < -0.3 is 0 Å². The van der Waals surface area contributed by atoms with Gasteiger partial charge in [0.15, 0.2) is 0 Å². The summed E-state index contributed by atoms with van der Waals surface area (Å²) >= 11 is 1.83. The van der Waals surface area contributed by atoms with Crippen molar-refractivity contribution in [2.45, 2.75) is 6.42 Å². The van der Waals surface area contributed by atoms with Crippen LogP contribution in [0.1, 0.15) is 16.0 Å². The first-order valence-corrected chi connectivity index (χ1v) is 9.12. The van der Waals surface area contributed by atoms with Gasteiger partial charge in [0, 0.05) is 11.3 Å². The van der Waals surface area contributed by atoms with Gasteiger partial charge in [0.05, 0.1) is 0 Å². The van der Waals surface area contributed by atoms with Crippen LogP contribution in [-0.4, -0.2) is 0 Å². The van der Waals surface area contributed by atoms with Gasteiger partial charge in [0.25, 0.3) is 0 Å². The van der Waals surface area contributed by atoms with Gasteiger partial charge in [-0.2, -0.15) is 0 Å². The van der Waals surface area contributed by atoms with Crippen molar-refractivity contribution in [1.82, 2.24) is 0 Å². The molecule has 0 spiro atoms. The van der Waals surface area contributed by atoms with Gasteiger partial charge in [-0.25, -0.2) is 0 Å². The Kier molecular flexibility index (Phi) is 3.14. The van der Waals surface area contributed by atoms with Crippen molar-refractivity contribution in [2.24, 2.45) is 0 Å². The lowest BCUT2D eigenvalue weighted by Gasteiger charge is -2.12. The van der Waals surface area contributed by atoms with Crippen LogP contribution in [0.4, 0.5) is 0 Å². The van der Waals surface area contributed by atoms with E-state index in [-0.39, 0.29) is 0 Å². The summed E-state index contributed by atoms with van der Waals surface area (Å²) in [5.41, 5.74) is 6.96. The molecule has 0 amide bonds. The summed E-state index contributed by atoms with van der Waals surface area (Å²) in [6.07, 6.45) is 3.38. The molecule has 0 radical (unpaired) electrons. The zero-order valence-corrected chi connectivity index (χ0v) is 14.0. The Bertz CT molecular complexity index is 1060. The maximum atomic E-state index is 2.36. The highest BCUT2D eigenvalue weighted by molar-refractivity contribution is 7.11. The minimum Gasteiger partial charge on any atom is -0.144 e. The van der Waals surface area contributed by atoms with Crippen molar-refractivity contribution < 1.29 is 0 Å². The highest BCUT2D eigenvalue weighted by atomic mass is 32.1. The van der Waals surface area contributed by atoms with Gasteiger partial charge in [-0.1, -0.05) is 66.7 Å². The Hall–Kier alpha value is -2.64. The third-order valence-electron chi connectivity index (χ3n) is 4.83. The lowest BCUT2D eigenvalue weighted by atomic mass is 9.92. The predicted molar refractivity (Wildman–Crippen MR) is 105 cm³/mol. The Labute approximate surface area is 145 Å². The van der Waals surface area contributed by atoms with Gasteiger partial charge in [-0.05, 0) is 56.1 Å². The van der Waals surface area contributed by atoms with E-state index < -0.39 is 0 Å². The molecule has 0 bridgehead atoms. The Morgan fingerprint density at radius 1 is 0.708 bits per heavy atom. The molecule has 24 heavy (non-hydrogen) atoms. The fourth-order valence-electron chi connectivity index (χ4n) is 3.70. The van der Waals surface area contributed by atoms with Crippen molar-refractivity contribution in [3.05, 3.63) is 94.2 Å². The van der Waals surface area contributed by atoms with Crippen LogP contribution >= 0.6 is 11.3 Å². The van der Waals surface area contributed by atoms with Gasteiger partial charge in [-0.3, -0.25) is 0 Å². The summed E-state index contributed by atoms with van der Waals surface area (Å²) in [5, 5.41) is 4.79. The fourth-order valence-corrected chi connectivity index (χ4v) is 4.44. The lowest BCUT2D eigenvalue weighted by molar-refractivity contribution is 1.33.